The fourth-order valence-electron chi connectivity index (χ4n) is 2.34. The number of hydrogen-bond acceptors (Lipinski definition) is 0. The molecule has 3 aromatic carbocycles. The molecule has 0 fully saturated rings. The van der Waals surface area contributed by atoms with Gasteiger partial charge < -0.3 is 0 Å². The molecule has 24 heavy (non-hydrogen) atoms. The summed E-state index contributed by atoms with van der Waals surface area (Å²) in [6.07, 6.45) is 0. The first-order valence-corrected chi connectivity index (χ1v) is 6.65. The van der Waals surface area contributed by atoms with E-state index in [0.717, 1.165) is 0 Å². The van der Waals surface area contributed by atoms with Crippen LogP contribution in [0.1, 0.15) is 0 Å². The molecule has 0 heterocycles. The quantitative estimate of drug-likeness (QED) is 0.180. The highest BCUT2D eigenvalue weighted by atomic mass is 35.5. The summed E-state index contributed by atoms with van der Waals surface area (Å²) < 4.78 is 109. The Morgan fingerprint density at radius 2 is 0.500 bits per heavy atom. The molecular formula is C14Cl2F8. The Morgan fingerprint density at radius 1 is 0.333 bits per heavy atom. The predicted molar refractivity (Wildman–Crippen MR) is 71.1 cm³/mol. The third kappa shape index (κ3) is 1.92. The lowest BCUT2D eigenvalue weighted by Crippen LogP contribution is -2.04. The standard InChI is InChI=1S/C14Cl2F8/c15-5-1-2(8(18)12(22)11(21)7(1)17)6(16)4-3(5)9(19)13(23)14(24)10(4)20. The van der Waals surface area contributed by atoms with Crippen molar-refractivity contribution in [1.82, 2.24) is 0 Å². The van der Waals surface area contributed by atoms with Gasteiger partial charge in [0.15, 0.2) is 46.5 Å². The molecule has 0 unspecified atom stereocenters. The molecule has 0 bridgehead atoms. The highest BCUT2D eigenvalue weighted by Crippen LogP contribution is 2.45. The molecule has 0 aliphatic carbocycles. The molecule has 10 heteroatoms. The maximum absolute atomic E-state index is 13.9. The SMILES string of the molecule is Fc1c(F)c(F)c2c(Cl)c3c(F)c(F)c(F)c(F)c3c(Cl)c2c1F. The van der Waals surface area contributed by atoms with Crippen molar-refractivity contribution < 1.29 is 35.1 Å². The second-order valence-electron chi connectivity index (χ2n) is 4.64. The Bertz CT molecular complexity index is 896. The Morgan fingerprint density at radius 3 is 0.667 bits per heavy atom. The first kappa shape index (κ1) is 17.0. The van der Waals surface area contributed by atoms with Gasteiger partial charge in [-0.2, -0.15) is 0 Å². The summed E-state index contributed by atoms with van der Waals surface area (Å²) in [5.41, 5.74) is 0. The van der Waals surface area contributed by atoms with Crippen LogP contribution < -0.4 is 0 Å². The Balaban J connectivity index is 2.82. The van der Waals surface area contributed by atoms with Crippen LogP contribution in [0, 0.1) is 46.5 Å². The summed E-state index contributed by atoms with van der Waals surface area (Å²) >= 11 is 11.2. The van der Waals surface area contributed by atoms with E-state index in [9.17, 15) is 35.1 Å². The van der Waals surface area contributed by atoms with E-state index in [1.54, 1.807) is 0 Å². The molecule has 0 radical (unpaired) electrons. The Kier molecular flexibility index (Phi) is 3.80. The summed E-state index contributed by atoms with van der Waals surface area (Å²) in [5, 5.41) is -7.36. The van der Waals surface area contributed by atoms with Crippen LogP contribution in [0.5, 0.6) is 0 Å². The third-order valence-corrected chi connectivity index (χ3v) is 4.17. The van der Waals surface area contributed by atoms with Gasteiger partial charge in [0.2, 0.25) is 0 Å². The van der Waals surface area contributed by atoms with Crippen LogP contribution in [0.25, 0.3) is 21.5 Å². The summed E-state index contributed by atoms with van der Waals surface area (Å²) in [6.45, 7) is 0. The van der Waals surface area contributed by atoms with Gasteiger partial charge in [-0.15, -0.1) is 0 Å². The van der Waals surface area contributed by atoms with Crippen molar-refractivity contribution in [2.75, 3.05) is 0 Å². The predicted octanol–water partition coefficient (Wildman–Crippen LogP) is 6.41. The fourth-order valence-corrected chi connectivity index (χ4v) is 3.05. The van der Waals surface area contributed by atoms with Gasteiger partial charge in [0.1, 0.15) is 0 Å². The van der Waals surface area contributed by atoms with Crippen LogP contribution in [-0.2, 0) is 0 Å². The van der Waals surface area contributed by atoms with E-state index in [1.807, 2.05) is 0 Å². The van der Waals surface area contributed by atoms with Gasteiger partial charge in [-0.25, -0.2) is 35.1 Å². The molecule has 3 rings (SSSR count). The molecule has 0 aliphatic rings. The molecule has 0 spiro atoms. The molecule has 0 aromatic heterocycles. The molecular weight excluding hydrogens is 391 g/mol. The van der Waals surface area contributed by atoms with Crippen molar-refractivity contribution >= 4 is 44.7 Å². The molecule has 3 aromatic rings. The summed E-state index contributed by atoms with van der Waals surface area (Å²) in [4.78, 5) is 0. The monoisotopic (exact) mass is 390 g/mol. The van der Waals surface area contributed by atoms with Crippen molar-refractivity contribution in [1.29, 1.82) is 0 Å². The summed E-state index contributed by atoms with van der Waals surface area (Å²) in [7, 11) is 0. The summed E-state index contributed by atoms with van der Waals surface area (Å²) in [6, 6.07) is 0. The van der Waals surface area contributed by atoms with Crippen LogP contribution in [-0.4, -0.2) is 0 Å². The van der Waals surface area contributed by atoms with E-state index in [0.29, 0.717) is 0 Å². The van der Waals surface area contributed by atoms with Gasteiger partial charge in [0.05, 0.1) is 10.0 Å². The van der Waals surface area contributed by atoms with E-state index in [2.05, 4.69) is 0 Å². The average Bonchev–Trinajstić information content (AvgIpc) is 2.55. The second kappa shape index (κ2) is 5.35. The zero-order valence-corrected chi connectivity index (χ0v) is 12.3. The van der Waals surface area contributed by atoms with E-state index in [1.165, 1.54) is 0 Å². The van der Waals surface area contributed by atoms with Gasteiger partial charge in [-0.05, 0) is 0 Å². The smallest absolute Gasteiger partial charge is 0.198 e. The molecule has 0 N–H and O–H groups in total. The van der Waals surface area contributed by atoms with E-state index < -0.39 is 78.1 Å². The number of hydrogen-bond donors (Lipinski definition) is 0. The number of fused-ring (bicyclic) bond motifs is 2. The normalized spacial score (nSPS) is 11.8. The molecule has 0 aliphatic heterocycles. The highest BCUT2D eigenvalue weighted by Gasteiger charge is 2.31. The zero-order chi connectivity index (χ0) is 18.1. The number of halogens is 10. The van der Waals surface area contributed by atoms with Gasteiger partial charge in [0.25, 0.3) is 0 Å². The zero-order valence-electron chi connectivity index (χ0n) is 10.8. The Labute approximate surface area is 137 Å². The van der Waals surface area contributed by atoms with Crippen LogP contribution in [0.3, 0.4) is 0 Å². The fraction of sp³-hybridized carbons (Fsp3) is 0. The minimum atomic E-state index is -2.29. The van der Waals surface area contributed by atoms with Crippen LogP contribution in [0.15, 0.2) is 0 Å². The topological polar surface area (TPSA) is 0 Å². The van der Waals surface area contributed by atoms with Crippen LogP contribution in [0.2, 0.25) is 10.0 Å². The van der Waals surface area contributed by atoms with Gasteiger partial charge in [0, 0.05) is 21.5 Å². The Hall–Kier alpha value is -1.80. The van der Waals surface area contributed by atoms with E-state index in [4.69, 9.17) is 23.2 Å². The summed E-state index contributed by atoms with van der Waals surface area (Å²) in [5.74, 6) is -17.4. The third-order valence-electron chi connectivity index (χ3n) is 3.41. The first-order chi connectivity index (χ1) is 11.1. The first-order valence-electron chi connectivity index (χ1n) is 5.89. The molecule has 0 atom stereocenters. The molecule has 0 saturated heterocycles. The van der Waals surface area contributed by atoms with Gasteiger partial charge >= 0.3 is 0 Å². The molecule has 0 amide bonds. The number of rotatable bonds is 0. The van der Waals surface area contributed by atoms with E-state index >= 15 is 0 Å². The van der Waals surface area contributed by atoms with Crippen LogP contribution >= 0.6 is 23.2 Å². The lowest BCUT2D eigenvalue weighted by atomic mass is 10.0. The van der Waals surface area contributed by atoms with E-state index in [-0.39, 0.29) is 0 Å². The van der Waals surface area contributed by atoms with Crippen molar-refractivity contribution in [3.63, 3.8) is 0 Å². The maximum atomic E-state index is 13.9. The second-order valence-corrected chi connectivity index (χ2v) is 5.40. The van der Waals surface area contributed by atoms with Crippen molar-refractivity contribution in [3.05, 3.63) is 56.6 Å². The lowest BCUT2D eigenvalue weighted by Gasteiger charge is -2.14. The van der Waals surface area contributed by atoms with Crippen molar-refractivity contribution in [2.45, 2.75) is 0 Å². The van der Waals surface area contributed by atoms with Crippen LogP contribution in [0.4, 0.5) is 35.1 Å². The van der Waals surface area contributed by atoms with Gasteiger partial charge in [-0.3, -0.25) is 0 Å². The van der Waals surface area contributed by atoms with Gasteiger partial charge in [-0.1, -0.05) is 23.2 Å². The lowest BCUT2D eigenvalue weighted by molar-refractivity contribution is 0.416. The van der Waals surface area contributed by atoms with Crippen molar-refractivity contribution in [2.24, 2.45) is 0 Å². The molecule has 126 valence electrons. The largest absolute Gasteiger partial charge is 0.203 e. The molecule has 0 saturated carbocycles. The maximum Gasteiger partial charge on any atom is 0.198 e. The van der Waals surface area contributed by atoms with Crippen molar-refractivity contribution in [3.8, 4) is 0 Å². The highest BCUT2D eigenvalue weighted by molar-refractivity contribution is 6.47. The number of benzene rings is 3. The molecule has 0 nitrogen and oxygen atoms in total. The minimum Gasteiger partial charge on any atom is -0.203 e. The average molecular weight is 391 g/mol. The minimum absolute atomic E-state index is 1.20.